The topological polar surface area (TPSA) is 65.1 Å². The first-order valence-electron chi connectivity index (χ1n) is 12.9. The van der Waals surface area contributed by atoms with Gasteiger partial charge in [-0.2, -0.15) is 0 Å². The van der Waals surface area contributed by atoms with Crippen molar-refractivity contribution in [1.29, 1.82) is 0 Å². The predicted molar refractivity (Wildman–Crippen MR) is 129 cm³/mol. The summed E-state index contributed by atoms with van der Waals surface area (Å²) in [7, 11) is 0. The fraction of sp³-hybridized carbons (Fsp3) is 0.692. The van der Waals surface area contributed by atoms with Gasteiger partial charge < -0.3 is 15.0 Å². The van der Waals surface area contributed by atoms with E-state index in [1.54, 1.807) is 6.92 Å². The molecule has 0 spiro atoms. The number of carbonyl (C=O) groups is 2. The van der Waals surface area contributed by atoms with E-state index in [2.05, 4.69) is 15.1 Å². The van der Waals surface area contributed by atoms with Crippen molar-refractivity contribution in [2.45, 2.75) is 88.9 Å². The third-order valence-corrected chi connectivity index (χ3v) is 8.04. The van der Waals surface area contributed by atoms with E-state index in [4.69, 9.17) is 4.74 Å². The summed E-state index contributed by atoms with van der Waals surface area (Å²) in [5.41, 5.74) is 0.969. The van der Waals surface area contributed by atoms with Crippen molar-refractivity contribution in [3.8, 4) is 5.75 Å². The number of nitrogens with one attached hydrogen (secondary N) is 1. The number of nitrogens with zero attached hydrogens (tertiary/aromatic N) is 3. The number of hydrogen-bond acceptors (Lipinski definition) is 4. The smallest absolute Gasteiger partial charge is 0.324 e. The Kier molecular flexibility index (Phi) is 6.76. The Labute approximate surface area is 197 Å². The number of ether oxygens (including phenoxy) is 1. The number of amides is 3. The molecular formula is C26H38N4O3. The van der Waals surface area contributed by atoms with Gasteiger partial charge >= 0.3 is 6.03 Å². The Morgan fingerprint density at radius 1 is 0.909 bits per heavy atom. The highest BCUT2D eigenvalue weighted by molar-refractivity contribution is 5.94. The molecule has 33 heavy (non-hydrogen) atoms. The highest BCUT2D eigenvalue weighted by Gasteiger charge is 2.38. The summed E-state index contributed by atoms with van der Waals surface area (Å²) < 4.78 is 6.08. The molecule has 3 amide bonds. The molecule has 5 rings (SSSR count). The lowest BCUT2D eigenvalue weighted by Crippen LogP contribution is -2.46. The van der Waals surface area contributed by atoms with E-state index in [0.717, 1.165) is 82.6 Å². The van der Waals surface area contributed by atoms with Crippen molar-refractivity contribution in [2.75, 3.05) is 31.1 Å². The van der Waals surface area contributed by atoms with Crippen molar-refractivity contribution < 1.29 is 14.3 Å². The highest BCUT2D eigenvalue weighted by atomic mass is 16.5. The van der Waals surface area contributed by atoms with Crippen molar-refractivity contribution in [2.24, 2.45) is 0 Å². The Morgan fingerprint density at radius 2 is 1.61 bits per heavy atom. The summed E-state index contributed by atoms with van der Waals surface area (Å²) in [5, 5.41) is 3.06. The summed E-state index contributed by atoms with van der Waals surface area (Å²) in [6.07, 6.45) is 10.6. The van der Waals surface area contributed by atoms with Gasteiger partial charge in [-0.05, 0) is 82.1 Å². The molecule has 7 heteroatoms. The van der Waals surface area contributed by atoms with Crippen LogP contribution in [0.3, 0.4) is 0 Å². The van der Waals surface area contributed by atoms with Crippen LogP contribution < -0.4 is 15.0 Å². The van der Waals surface area contributed by atoms with Gasteiger partial charge in [0.1, 0.15) is 5.75 Å². The van der Waals surface area contributed by atoms with Crippen molar-refractivity contribution in [3.63, 3.8) is 0 Å². The van der Waals surface area contributed by atoms with E-state index in [0.29, 0.717) is 24.2 Å². The minimum Gasteiger partial charge on any atom is -0.490 e. The van der Waals surface area contributed by atoms with E-state index in [1.165, 1.54) is 12.8 Å². The van der Waals surface area contributed by atoms with Gasteiger partial charge in [0.05, 0.1) is 6.10 Å². The predicted octanol–water partition coefficient (Wildman–Crippen LogP) is 3.77. The van der Waals surface area contributed by atoms with E-state index in [9.17, 15) is 9.59 Å². The molecule has 2 heterocycles. The van der Waals surface area contributed by atoms with Gasteiger partial charge in [0, 0.05) is 56.9 Å². The SMILES string of the molecule is CC(=O)N[C@@H]1CCN(C2CCC(N3CCN(c4ccc(OC5CCCC5)cc4)C3=O)CC2)C1. The molecular weight excluding hydrogens is 416 g/mol. The molecule has 2 saturated heterocycles. The number of carbonyl (C=O) groups excluding carboxylic acids is 2. The third kappa shape index (κ3) is 5.13. The van der Waals surface area contributed by atoms with E-state index in [-0.39, 0.29) is 11.9 Å². The van der Waals surface area contributed by atoms with Crippen LogP contribution in [0.15, 0.2) is 24.3 Å². The first kappa shape index (κ1) is 22.5. The fourth-order valence-electron chi connectivity index (χ4n) is 6.29. The standard InChI is InChI=1S/C26H38N4O3/c1-19(31)27-20-14-15-28(18-20)21-6-8-22(9-7-21)29-16-17-30(26(29)32)23-10-12-25(13-11-23)33-24-4-2-3-5-24/h10-13,20-22,24H,2-9,14-18H2,1H3,(H,27,31)/t20-,21?,22?/m1/s1. The molecule has 1 atom stereocenters. The summed E-state index contributed by atoms with van der Waals surface area (Å²) in [5.74, 6) is 0.980. The maximum Gasteiger partial charge on any atom is 0.324 e. The van der Waals surface area contributed by atoms with Crippen molar-refractivity contribution in [1.82, 2.24) is 15.1 Å². The summed E-state index contributed by atoms with van der Waals surface area (Å²) >= 11 is 0. The average Bonchev–Trinajstić information content (AvgIpc) is 3.56. The Balaban J connectivity index is 1.11. The Bertz CT molecular complexity index is 830. The van der Waals surface area contributed by atoms with Crippen LogP contribution in [0.2, 0.25) is 0 Å². The maximum absolute atomic E-state index is 13.2. The fourth-order valence-corrected chi connectivity index (χ4v) is 6.29. The maximum atomic E-state index is 13.2. The molecule has 7 nitrogen and oxygen atoms in total. The summed E-state index contributed by atoms with van der Waals surface area (Å²) in [4.78, 5) is 31.1. The lowest BCUT2D eigenvalue weighted by molar-refractivity contribution is -0.119. The normalized spacial score (nSPS) is 29.1. The molecule has 0 radical (unpaired) electrons. The molecule has 1 N–H and O–H groups in total. The van der Waals surface area contributed by atoms with Crippen LogP contribution in [-0.4, -0.2) is 72.1 Å². The minimum absolute atomic E-state index is 0.0682. The molecule has 4 aliphatic rings. The highest BCUT2D eigenvalue weighted by Crippen LogP contribution is 2.32. The molecule has 0 bridgehead atoms. The molecule has 2 saturated carbocycles. The molecule has 4 fully saturated rings. The molecule has 0 unspecified atom stereocenters. The molecule has 2 aliphatic heterocycles. The zero-order valence-electron chi connectivity index (χ0n) is 19.9. The van der Waals surface area contributed by atoms with E-state index in [1.807, 2.05) is 29.2 Å². The van der Waals surface area contributed by atoms with Gasteiger partial charge in [-0.1, -0.05) is 0 Å². The van der Waals surface area contributed by atoms with E-state index < -0.39 is 0 Å². The summed E-state index contributed by atoms with van der Waals surface area (Å²) in [6, 6.07) is 9.46. The van der Waals surface area contributed by atoms with Gasteiger partial charge in [-0.25, -0.2) is 4.79 Å². The van der Waals surface area contributed by atoms with Crippen LogP contribution in [0.4, 0.5) is 10.5 Å². The minimum atomic E-state index is 0.0682. The first-order chi connectivity index (χ1) is 16.1. The number of urea groups is 1. The molecule has 1 aromatic rings. The second-order valence-electron chi connectivity index (χ2n) is 10.3. The number of hydrogen-bond donors (Lipinski definition) is 1. The van der Waals surface area contributed by atoms with Crippen molar-refractivity contribution in [3.05, 3.63) is 24.3 Å². The summed E-state index contributed by atoms with van der Waals surface area (Å²) in [6.45, 7) is 5.20. The molecule has 2 aliphatic carbocycles. The van der Waals surface area contributed by atoms with Gasteiger partial charge in [0.15, 0.2) is 0 Å². The Morgan fingerprint density at radius 3 is 2.30 bits per heavy atom. The quantitative estimate of drug-likeness (QED) is 0.711. The number of likely N-dealkylation sites (tertiary alicyclic amines) is 1. The van der Waals surface area contributed by atoms with Crippen LogP contribution in [-0.2, 0) is 4.79 Å². The second-order valence-corrected chi connectivity index (χ2v) is 10.3. The molecule has 1 aromatic carbocycles. The third-order valence-electron chi connectivity index (χ3n) is 8.04. The number of anilines is 1. The van der Waals surface area contributed by atoms with Crippen molar-refractivity contribution >= 4 is 17.6 Å². The van der Waals surface area contributed by atoms with Crippen LogP contribution in [0.1, 0.15) is 64.7 Å². The van der Waals surface area contributed by atoms with Gasteiger partial charge in [-0.15, -0.1) is 0 Å². The van der Waals surface area contributed by atoms with Gasteiger partial charge in [0.25, 0.3) is 0 Å². The number of rotatable bonds is 6. The van der Waals surface area contributed by atoms with E-state index >= 15 is 0 Å². The number of benzene rings is 1. The van der Waals surface area contributed by atoms with Gasteiger partial charge in [-0.3, -0.25) is 14.6 Å². The van der Waals surface area contributed by atoms with Gasteiger partial charge in [0.2, 0.25) is 5.91 Å². The van der Waals surface area contributed by atoms with Crippen LogP contribution >= 0.6 is 0 Å². The van der Waals surface area contributed by atoms with Crippen LogP contribution in [0.25, 0.3) is 0 Å². The molecule has 0 aromatic heterocycles. The largest absolute Gasteiger partial charge is 0.490 e. The molecule has 180 valence electrons. The van der Waals surface area contributed by atoms with Crippen LogP contribution in [0, 0.1) is 0 Å². The zero-order valence-corrected chi connectivity index (χ0v) is 19.9. The van der Waals surface area contributed by atoms with Crippen LogP contribution in [0.5, 0.6) is 5.75 Å². The zero-order chi connectivity index (χ0) is 22.8. The monoisotopic (exact) mass is 454 g/mol. The Hall–Kier alpha value is -2.28. The lowest BCUT2D eigenvalue weighted by atomic mass is 9.89. The average molecular weight is 455 g/mol. The first-order valence-corrected chi connectivity index (χ1v) is 12.9. The lowest BCUT2D eigenvalue weighted by Gasteiger charge is -2.38. The second kappa shape index (κ2) is 9.92.